The van der Waals surface area contributed by atoms with Crippen molar-refractivity contribution in [1.82, 2.24) is 9.55 Å². The second kappa shape index (κ2) is 14.7. The number of nitrogens with zero attached hydrogens (tertiary/aromatic N) is 3. The van der Waals surface area contributed by atoms with Gasteiger partial charge in [-0.1, -0.05) is 79.7 Å². The van der Waals surface area contributed by atoms with Crippen molar-refractivity contribution < 1.29 is 4.73 Å². The summed E-state index contributed by atoms with van der Waals surface area (Å²) >= 11 is 7.44. The molecule has 2 heterocycles. The first-order valence-corrected chi connectivity index (χ1v) is 14.6. The molecule has 0 fully saturated rings. The van der Waals surface area contributed by atoms with Crippen molar-refractivity contribution in [3.8, 4) is 0 Å². The molecule has 0 aliphatic heterocycles. The Morgan fingerprint density at radius 3 is 2.32 bits per heavy atom. The molecular weight excluding hydrogens is 514 g/mol. The maximum absolute atomic E-state index is 12.5. The normalized spacial score (nSPS) is 11.1. The SMILES string of the molecule is O=c1cc(Cc2cnc(SCCCCCCCCc3ccc(Cl)cc3)[n+]([O-])c2)ccn1Cc1ccccc1. The second-order valence-electron chi connectivity index (χ2n) is 9.58. The van der Waals surface area contributed by atoms with Gasteiger partial charge in [0.1, 0.15) is 12.4 Å². The van der Waals surface area contributed by atoms with E-state index in [1.54, 1.807) is 23.0 Å². The van der Waals surface area contributed by atoms with Gasteiger partial charge in [-0.2, -0.15) is 0 Å². The van der Waals surface area contributed by atoms with Crippen molar-refractivity contribution in [3.63, 3.8) is 0 Å². The lowest BCUT2D eigenvalue weighted by atomic mass is 10.1. The van der Waals surface area contributed by atoms with Crippen LogP contribution in [0.5, 0.6) is 0 Å². The van der Waals surface area contributed by atoms with E-state index in [0.717, 1.165) is 45.0 Å². The van der Waals surface area contributed by atoms with Crippen LogP contribution in [0.25, 0.3) is 0 Å². The Labute approximate surface area is 234 Å². The van der Waals surface area contributed by atoms with E-state index < -0.39 is 0 Å². The highest BCUT2D eigenvalue weighted by molar-refractivity contribution is 7.99. The summed E-state index contributed by atoms with van der Waals surface area (Å²) in [5.74, 6) is 0.888. The fourth-order valence-corrected chi connectivity index (χ4v) is 5.35. The molecular formula is C31H34ClN3O2S. The smallest absolute Gasteiger partial charge is 0.362 e. The highest BCUT2D eigenvalue weighted by atomic mass is 35.5. The van der Waals surface area contributed by atoms with Crippen LogP contribution in [-0.2, 0) is 19.4 Å². The Hall–Kier alpha value is -3.09. The van der Waals surface area contributed by atoms with Crippen molar-refractivity contribution in [1.29, 1.82) is 0 Å². The summed E-state index contributed by atoms with van der Waals surface area (Å²) in [4.78, 5) is 16.9. The lowest BCUT2D eigenvalue weighted by molar-refractivity contribution is -0.651. The number of rotatable bonds is 14. The minimum atomic E-state index is -0.0527. The average molecular weight is 548 g/mol. The molecule has 4 rings (SSSR count). The highest BCUT2D eigenvalue weighted by Crippen LogP contribution is 2.17. The summed E-state index contributed by atoms with van der Waals surface area (Å²) in [6.07, 6.45) is 13.9. The second-order valence-corrected chi connectivity index (χ2v) is 11.1. The van der Waals surface area contributed by atoms with Crippen molar-refractivity contribution in [2.75, 3.05) is 5.75 Å². The first-order chi connectivity index (χ1) is 18.6. The Kier molecular flexibility index (Phi) is 10.8. The van der Waals surface area contributed by atoms with Gasteiger partial charge in [0, 0.05) is 35.0 Å². The molecule has 0 bridgehead atoms. The summed E-state index contributed by atoms with van der Waals surface area (Å²) in [5, 5.41) is 13.8. The van der Waals surface area contributed by atoms with Crippen molar-refractivity contribution >= 4 is 23.4 Å². The zero-order chi connectivity index (χ0) is 26.6. The van der Waals surface area contributed by atoms with Crippen LogP contribution in [0.2, 0.25) is 5.02 Å². The van der Waals surface area contributed by atoms with Crippen LogP contribution in [-0.4, -0.2) is 15.3 Å². The number of halogens is 1. The van der Waals surface area contributed by atoms with Crippen LogP contribution in [0, 0.1) is 5.21 Å². The van der Waals surface area contributed by atoms with Crippen LogP contribution in [0.4, 0.5) is 0 Å². The number of thioether (sulfide) groups is 1. The molecule has 0 saturated carbocycles. The summed E-state index contributed by atoms with van der Waals surface area (Å²) in [7, 11) is 0. The molecule has 0 unspecified atom stereocenters. The molecule has 0 saturated heterocycles. The Balaban J connectivity index is 1.14. The molecule has 0 amide bonds. The number of aryl methyl sites for hydroxylation is 1. The molecule has 0 aliphatic carbocycles. The van der Waals surface area contributed by atoms with Crippen LogP contribution >= 0.6 is 23.4 Å². The average Bonchev–Trinajstić information content (AvgIpc) is 2.92. The maximum atomic E-state index is 12.5. The van der Waals surface area contributed by atoms with Crippen LogP contribution in [0.3, 0.4) is 0 Å². The molecule has 2 aromatic carbocycles. The third-order valence-corrected chi connectivity index (χ3v) is 7.77. The van der Waals surface area contributed by atoms with Gasteiger partial charge in [-0.25, -0.2) is 4.73 Å². The zero-order valence-corrected chi connectivity index (χ0v) is 23.2. The number of benzene rings is 2. The van der Waals surface area contributed by atoms with E-state index in [1.807, 2.05) is 54.7 Å². The molecule has 4 aromatic rings. The van der Waals surface area contributed by atoms with Gasteiger partial charge in [-0.3, -0.25) is 4.79 Å². The van der Waals surface area contributed by atoms with Crippen LogP contribution in [0.1, 0.15) is 60.8 Å². The number of aromatic nitrogens is 3. The molecule has 0 radical (unpaired) electrons. The van der Waals surface area contributed by atoms with E-state index in [4.69, 9.17) is 11.6 Å². The number of hydrogen-bond donors (Lipinski definition) is 0. The Morgan fingerprint density at radius 1 is 0.842 bits per heavy atom. The van der Waals surface area contributed by atoms with E-state index in [0.29, 0.717) is 18.1 Å². The van der Waals surface area contributed by atoms with Gasteiger partial charge in [0.05, 0.1) is 6.54 Å². The van der Waals surface area contributed by atoms with Gasteiger partial charge in [-0.05, 0) is 70.9 Å². The first-order valence-electron chi connectivity index (χ1n) is 13.3. The van der Waals surface area contributed by atoms with E-state index in [-0.39, 0.29) is 5.56 Å². The predicted octanol–water partition coefficient (Wildman–Crippen LogP) is 6.84. The fraction of sp³-hybridized carbons (Fsp3) is 0.323. The third kappa shape index (κ3) is 9.03. The monoisotopic (exact) mass is 547 g/mol. The molecule has 5 nitrogen and oxygen atoms in total. The fourth-order valence-electron chi connectivity index (χ4n) is 4.38. The van der Waals surface area contributed by atoms with Gasteiger partial charge < -0.3 is 9.77 Å². The van der Waals surface area contributed by atoms with Crippen molar-refractivity contribution in [2.24, 2.45) is 0 Å². The number of pyridine rings is 1. The lowest BCUT2D eigenvalue weighted by Gasteiger charge is -2.09. The summed E-state index contributed by atoms with van der Waals surface area (Å²) in [5.41, 5.74) is 4.04. The Bertz CT molecular complexity index is 1340. The minimum absolute atomic E-state index is 0.0527. The van der Waals surface area contributed by atoms with Gasteiger partial charge in [0.25, 0.3) is 5.56 Å². The standard InChI is InChI=1S/C31H34ClN3O2S/c32-29-15-13-25(14-16-29)10-6-3-1-2-4-9-19-38-31-33-22-28(24-35(31)37)20-27-17-18-34(30(36)21-27)23-26-11-7-5-8-12-26/h5,7-8,11-18,21-22,24H,1-4,6,9-10,19-20,23H2. The van der Waals surface area contributed by atoms with Gasteiger partial charge in [0.15, 0.2) is 0 Å². The van der Waals surface area contributed by atoms with Crippen molar-refractivity contribution in [2.45, 2.75) is 63.1 Å². The molecule has 38 heavy (non-hydrogen) atoms. The van der Waals surface area contributed by atoms with Crippen molar-refractivity contribution in [3.05, 3.63) is 128 Å². The number of hydrogen-bond acceptors (Lipinski definition) is 4. The maximum Gasteiger partial charge on any atom is 0.362 e. The van der Waals surface area contributed by atoms with E-state index >= 15 is 0 Å². The molecule has 7 heteroatoms. The molecule has 0 aliphatic rings. The predicted molar refractivity (Wildman–Crippen MR) is 156 cm³/mol. The Morgan fingerprint density at radius 2 is 1.58 bits per heavy atom. The van der Waals surface area contributed by atoms with E-state index in [9.17, 15) is 10.0 Å². The summed E-state index contributed by atoms with van der Waals surface area (Å²) in [6.45, 7) is 0.540. The molecule has 0 spiro atoms. The van der Waals surface area contributed by atoms with E-state index in [2.05, 4.69) is 17.1 Å². The van der Waals surface area contributed by atoms with Gasteiger partial charge in [0.2, 0.25) is 0 Å². The lowest BCUT2D eigenvalue weighted by Crippen LogP contribution is -2.30. The van der Waals surface area contributed by atoms with Crippen LogP contribution in [0.15, 0.2) is 95.3 Å². The van der Waals surface area contributed by atoms with E-state index in [1.165, 1.54) is 49.4 Å². The molecule has 198 valence electrons. The number of unbranched alkanes of at least 4 members (excludes halogenated alkanes) is 5. The first kappa shape index (κ1) is 27.9. The summed E-state index contributed by atoms with van der Waals surface area (Å²) < 4.78 is 2.54. The summed E-state index contributed by atoms with van der Waals surface area (Å²) in [6, 6.07) is 21.6. The zero-order valence-electron chi connectivity index (χ0n) is 21.6. The van der Waals surface area contributed by atoms with Crippen LogP contribution < -0.4 is 10.3 Å². The molecule has 2 aromatic heterocycles. The van der Waals surface area contributed by atoms with Gasteiger partial charge in [-0.15, -0.1) is 0 Å². The molecule has 0 N–H and O–H groups in total. The largest absolute Gasteiger partial charge is 0.710 e. The quantitative estimate of drug-likeness (QED) is 0.0569. The molecule has 0 atom stereocenters. The third-order valence-electron chi connectivity index (χ3n) is 6.48. The minimum Gasteiger partial charge on any atom is -0.710 e. The highest BCUT2D eigenvalue weighted by Gasteiger charge is 2.11. The van der Waals surface area contributed by atoms with Gasteiger partial charge >= 0.3 is 5.16 Å². The topological polar surface area (TPSA) is 61.8 Å².